The summed E-state index contributed by atoms with van der Waals surface area (Å²) >= 11 is 0. The summed E-state index contributed by atoms with van der Waals surface area (Å²) in [7, 11) is 1.80. The number of hydrogen-bond acceptors (Lipinski definition) is 2. The Labute approximate surface area is 99.5 Å². The molecule has 1 unspecified atom stereocenters. The average Bonchev–Trinajstić information content (AvgIpc) is 2.61. The van der Waals surface area contributed by atoms with E-state index in [1.54, 1.807) is 37.0 Å². The van der Waals surface area contributed by atoms with E-state index in [1.807, 2.05) is 6.92 Å². The van der Waals surface area contributed by atoms with Gasteiger partial charge in [0.15, 0.2) is 0 Å². The molecule has 0 saturated carbocycles. The van der Waals surface area contributed by atoms with Crippen LogP contribution in [0, 0.1) is 19.7 Å². The molecular formula is C13H15FN2O. The molecule has 0 spiro atoms. The van der Waals surface area contributed by atoms with Crippen LogP contribution in [0.1, 0.15) is 28.5 Å². The first-order valence-electron chi connectivity index (χ1n) is 5.43. The maximum atomic E-state index is 13.1. The van der Waals surface area contributed by atoms with E-state index in [0.29, 0.717) is 11.1 Å². The SMILES string of the molecule is Cc1cc(C(O)c2cn(C)nc2C)ccc1F. The van der Waals surface area contributed by atoms with Gasteiger partial charge in [-0.05, 0) is 31.0 Å². The van der Waals surface area contributed by atoms with Gasteiger partial charge >= 0.3 is 0 Å². The van der Waals surface area contributed by atoms with Crippen molar-refractivity contribution < 1.29 is 9.50 Å². The standard InChI is InChI=1S/C13H15FN2O/c1-8-6-10(4-5-12(8)14)13(17)11-7-16(3)15-9(11)2/h4-7,13,17H,1-3H3. The molecule has 0 fully saturated rings. The molecule has 1 atom stereocenters. The second-order valence-corrected chi connectivity index (χ2v) is 4.25. The molecule has 2 rings (SSSR count). The third-order valence-electron chi connectivity index (χ3n) is 2.84. The molecule has 4 heteroatoms. The van der Waals surface area contributed by atoms with Crippen LogP contribution in [0.15, 0.2) is 24.4 Å². The fourth-order valence-corrected chi connectivity index (χ4v) is 1.90. The summed E-state index contributed by atoms with van der Waals surface area (Å²) in [4.78, 5) is 0. The van der Waals surface area contributed by atoms with Crippen LogP contribution in [0.25, 0.3) is 0 Å². The molecule has 0 aliphatic rings. The average molecular weight is 234 g/mol. The van der Waals surface area contributed by atoms with Crippen LogP contribution >= 0.6 is 0 Å². The minimum atomic E-state index is -0.761. The molecule has 90 valence electrons. The van der Waals surface area contributed by atoms with Crippen molar-refractivity contribution in [3.63, 3.8) is 0 Å². The molecule has 17 heavy (non-hydrogen) atoms. The molecule has 1 aromatic carbocycles. The van der Waals surface area contributed by atoms with E-state index in [-0.39, 0.29) is 5.82 Å². The topological polar surface area (TPSA) is 38.0 Å². The van der Waals surface area contributed by atoms with E-state index >= 15 is 0 Å². The minimum absolute atomic E-state index is 0.260. The van der Waals surface area contributed by atoms with Crippen molar-refractivity contribution in [1.29, 1.82) is 0 Å². The van der Waals surface area contributed by atoms with Crippen LogP contribution in [-0.4, -0.2) is 14.9 Å². The Morgan fingerprint density at radius 1 is 1.35 bits per heavy atom. The van der Waals surface area contributed by atoms with Gasteiger partial charge in [0, 0.05) is 18.8 Å². The maximum absolute atomic E-state index is 13.1. The van der Waals surface area contributed by atoms with Gasteiger partial charge in [-0.3, -0.25) is 4.68 Å². The van der Waals surface area contributed by atoms with Gasteiger partial charge in [-0.25, -0.2) is 4.39 Å². The van der Waals surface area contributed by atoms with Gasteiger partial charge in [0.25, 0.3) is 0 Å². The molecule has 0 aliphatic heterocycles. The van der Waals surface area contributed by atoms with Gasteiger partial charge in [0.2, 0.25) is 0 Å². The lowest BCUT2D eigenvalue weighted by molar-refractivity contribution is 0.219. The fourth-order valence-electron chi connectivity index (χ4n) is 1.90. The molecule has 1 heterocycles. The zero-order valence-electron chi connectivity index (χ0n) is 10.1. The highest BCUT2D eigenvalue weighted by atomic mass is 19.1. The summed E-state index contributed by atoms with van der Waals surface area (Å²) in [6.07, 6.45) is 1.02. The van der Waals surface area contributed by atoms with Crippen LogP contribution in [0.5, 0.6) is 0 Å². The van der Waals surface area contributed by atoms with Crippen molar-refractivity contribution in [2.45, 2.75) is 20.0 Å². The van der Waals surface area contributed by atoms with E-state index in [9.17, 15) is 9.50 Å². The zero-order valence-corrected chi connectivity index (χ0v) is 10.1. The molecule has 1 N–H and O–H groups in total. The number of rotatable bonds is 2. The van der Waals surface area contributed by atoms with E-state index < -0.39 is 6.10 Å². The van der Waals surface area contributed by atoms with E-state index in [4.69, 9.17) is 0 Å². The highest BCUT2D eigenvalue weighted by molar-refractivity contribution is 5.33. The van der Waals surface area contributed by atoms with Crippen LogP contribution in [0.3, 0.4) is 0 Å². The number of aliphatic hydroxyl groups is 1. The quantitative estimate of drug-likeness (QED) is 0.865. The monoisotopic (exact) mass is 234 g/mol. The predicted molar refractivity (Wildman–Crippen MR) is 63.1 cm³/mol. The third-order valence-corrected chi connectivity index (χ3v) is 2.84. The Morgan fingerprint density at radius 2 is 2.06 bits per heavy atom. The highest BCUT2D eigenvalue weighted by Gasteiger charge is 2.16. The Morgan fingerprint density at radius 3 is 2.59 bits per heavy atom. The number of aliphatic hydroxyl groups excluding tert-OH is 1. The number of benzene rings is 1. The molecule has 2 aromatic rings. The zero-order chi connectivity index (χ0) is 12.6. The van der Waals surface area contributed by atoms with Crippen molar-refractivity contribution in [2.24, 2.45) is 7.05 Å². The molecule has 0 radical (unpaired) electrons. The van der Waals surface area contributed by atoms with Crippen LogP contribution in [0.2, 0.25) is 0 Å². The van der Waals surface area contributed by atoms with Gasteiger partial charge in [0.1, 0.15) is 11.9 Å². The van der Waals surface area contributed by atoms with Crippen LogP contribution in [-0.2, 0) is 7.05 Å². The van der Waals surface area contributed by atoms with Crippen molar-refractivity contribution in [2.75, 3.05) is 0 Å². The number of hydrogen-bond donors (Lipinski definition) is 1. The van der Waals surface area contributed by atoms with Crippen molar-refractivity contribution in [3.8, 4) is 0 Å². The summed E-state index contributed by atoms with van der Waals surface area (Å²) < 4.78 is 14.8. The maximum Gasteiger partial charge on any atom is 0.126 e. The summed E-state index contributed by atoms with van der Waals surface area (Å²) in [5, 5.41) is 14.4. The fraction of sp³-hybridized carbons (Fsp3) is 0.308. The summed E-state index contributed by atoms with van der Waals surface area (Å²) in [6.45, 7) is 3.52. The minimum Gasteiger partial charge on any atom is -0.384 e. The van der Waals surface area contributed by atoms with E-state index in [2.05, 4.69) is 5.10 Å². The summed E-state index contributed by atoms with van der Waals surface area (Å²) in [5.74, 6) is -0.260. The Balaban J connectivity index is 2.40. The molecule has 0 bridgehead atoms. The summed E-state index contributed by atoms with van der Waals surface area (Å²) in [6, 6.07) is 4.63. The number of nitrogens with zero attached hydrogens (tertiary/aromatic N) is 2. The second kappa shape index (κ2) is 4.30. The smallest absolute Gasteiger partial charge is 0.126 e. The van der Waals surface area contributed by atoms with Crippen LogP contribution < -0.4 is 0 Å². The number of aryl methyl sites for hydroxylation is 3. The lowest BCUT2D eigenvalue weighted by Gasteiger charge is -2.11. The highest BCUT2D eigenvalue weighted by Crippen LogP contribution is 2.25. The lowest BCUT2D eigenvalue weighted by atomic mass is 10.0. The van der Waals surface area contributed by atoms with E-state index in [1.165, 1.54) is 6.07 Å². The Bertz CT molecular complexity index is 548. The molecular weight excluding hydrogens is 219 g/mol. The molecule has 0 aliphatic carbocycles. The van der Waals surface area contributed by atoms with E-state index in [0.717, 1.165) is 11.3 Å². The van der Waals surface area contributed by atoms with Gasteiger partial charge in [-0.15, -0.1) is 0 Å². The first-order valence-corrected chi connectivity index (χ1v) is 5.43. The Kier molecular flexibility index (Phi) is 2.98. The largest absolute Gasteiger partial charge is 0.384 e. The number of aromatic nitrogens is 2. The van der Waals surface area contributed by atoms with Gasteiger partial charge in [0.05, 0.1) is 5.69 Å². The van der Waals surface area contributed by atoms with Gasteiger partial charge < -0.3 is 5.11 Å². The number of halogens is 1. The van der Waals surface area contributed by atoms with Crippen molar-refractivity contribution in [3.05, 3.63) is 52.6 Å². The first-order chi connectivity index (χ1) is 7.99. The normalized spacial score (nSPS) is 12.8. The third kappa shape index (κ3) is 2.22. The second-order valence-electron chi connectivity index (χ2n) is 4.25. The predicted octanol–water partition coefficient (Wildman–Crippen LogP) is 2.26. The van der Waals surface area contributed by atoms with Crippen molar-refractivity contribution in [1.82, 2.24) is 9.78 Å². The Hall–Kier alpha value is -1.68. The summed E-state index contributed by atoms with van der Waals surface area (Å²) in [5.41, 5.74) is 2.74. The van der Waals surface area contributed by atoms with Crippen LogP contribution in [0.4, 0.5) is 4.39 Å². The molecule has 3 nitrogen and oxygen atoms in total. The lowest BCUT2D eigenvalue weighted by Crippen LogP contribution is -2.01. The van der Waals surface area contributed by atoms with Gasteiger partial charge in [-0.2, -0.15) is 5.10 Å². The molecule has 0 amide bonds. The first kappa shape index (κ1) is 11.8. The van der Waals surface area contributed by atoms with Gasteiger partial charge in [-0.1, -0.05) is 12.1 Å². The van der Waals surface area contributed by atoms with Crippen molar-refractivity contribution >= 4 is 0 Å². The molecule has 1 aromatic heterocycles. The molecule has 0 saturated heterocycles.